The zero-order chi connectivity index (χ0) is 13.8. The summed E-state index contributed by atoms with van der Waals surface area (Å²) in [5.41, 5.74) is 5.53. The SMILES string of the molecule is Cc1cc(C)c(CCNc2ccc(Br)cn2)c(C)c1. The predicted molar refractivity (Wildman–Crippen MR) is 84.8 cm³/mol. The number of anilines is 1. The molecule has 0 aliphatic heterocycles. The van der Waals surface area contributed by atoms with Gasteiger partial charge in [-0.25, -0.2) is 4.98 Å². The maximum Gasteiger partial charge on any atom is 0.125 e. The molecule has 1 aromatic carbocycles. The van der Waals surface area contributed by atoms with Gasteiger partial charge in [0.1, 0.15) is 5.82 Å². The van der Waals surface area contributed by atoms with E-state index in [1.807, 2.05) is 18.3 Å². The van der Waals surface area contributed by atoms with Gasteiger partial charge in [0.25, 0.3) is 0 Å². The molecule has 1 N–H and O–H groups in total. The molecule has 2 nitrogen and oxygen atoms in total. The molecule has 3 heteroatoms. The van der Waals surface area contributed by atoms with Gasteiger partial charge in [0.2, 0.25) is 0 Å². The second-order valence-electron chi connectivity index (χ2n) is 4.92. The second-order valence-corrected chi connectivity index (χ2v) is 5.83. The van der Waals surface area contributed by atoms with Gasteiger partial charge in [-0.05, 0) is 71.9 Å². The van der Waals surface area contributed by atoms with Gasteiger partial charge in [-0.1, -0.05) is 17.7 Å². The van der Waals surface area contributed by atoms with Crippen LogP contribution < -0.4 is 5.32 Å². The minimum Gasteiger partial charge on any atom is -0.370 e. The van der Waals surface area contributed by atoms with E-state index in [4.69, 9.17) is 0 Å². The van der Waals surface area contributed by atoms with E-state index in [0.717, 1.165) is 23.3 Å². The lowest BCUT2D eigenvalue weighted by Crippen LogP contribution is -2.08. The first-order chi connectivity index (χ1) is 9.06. The molecule has 0 aliphatic rings. The minimum atomic E-state index is 0.902. The lowest BCUT2D eigenvalue weighted by atomic mass is 9.97. The van der Waals surface area contributed by atoms with Gasteiger partial charge in [0, 0.05) is 17.2 Å². The number of nitrogens with one attached hydrogen (secondary N) is 1. The number of pyridine rings is 1. The Hall–Kier alpha value is -1.35. The Morgan fingerprint density at radius 1 is 1.11 bits per heavy atom. The van der Waals surface area contributed by atoms with Crippen molar-refractivity contribution in [3.05, 3.63) is 57.2 Å². The zero-order valence-corrected chi connectivity index (χ0v) is 13.2. The van der Waals surface area contributed by atoms with Crippen molar-refractivity contribution in [3.63, 3.8) is 0 Å². The molecule has 1 heterocycles. The van der Waals surface area contributed by atoms with E-state index in [1.54, 1.807) is 0 Å². The summed E-state index contributed by atoms with van der Waals surface area (Å²) in [5.74, 6) is 0.922. The van der Waals surface area contributed by atoms with Crippen LogP contribution in [0.15, 0.2) is 34.9 Å². The molecule has 0 unspecified atom stereocenters. The fraction of sp³-hybridized carbons (Fsp3) is 0.312. The van der Waals surface area contributed by atoms with E-state index in [9.17, 15) is 0 Å². The molecule has 0 aliphatic carbocycles. The van der Waals surface area contributed by atoms with Gasteiger partial charge < -0.3 is 5.32 Å². The van der Waals surface area contributed by atoms with Crippen molar-refractivity contribution < 1.29 is 0 Å². The Morgan fingerprint density at radius 3 is 2.37 bits per heavy atom. The van der Waals surface area contributed by atoms with Crippen LogP contribution in [0.2, 0.25) is 0 Å². The summed E-state index contributed by atoms with van der Waals surface area (Å²) in [6.45, 7) is 7.42. The summed E-state index contributed by atoms with van der Waals surface area (Å²) >= 11 is 3.39. The summed E-state index contributed by atoms with van der Waals surface area (Å²) in [6, 6.07) is 8.48. The minimum absolute atomic E-state index is 0.902. The third kappa shape index (κ3) is 3.80. The fourth-order valence-electron chi connectivity index (χ4n) is 2.40. The summed E-state index contributed by atoms with van der Waals surface area (Å²) in [7, 11) is 0. The van der Waals surface area contributed by atoms with Crippen molar-refractivity contribution in [2.24, 2.45) is 0 Å². The number of hydrogen-bond acceptors (Lipinski definition) is 2. The molecule has 0 fully saturated rings. The van der Waals surface area contributed by atoms with Crippen LogP contribution in [0, 0.1) is 20.8 Å². The van der Waals surface area contributed by atoms with Crippen LogP contribution in [0.5, 0.6) is 0 Å². The van der Waals surface area contributed by atoms with E-state index in [0.29, 0.717) is 0 Å². The van der Waals surface area contributed by atoms with Gasteiger partial charge in [0.05, 0.1) is 0 Å². The van der Waals surface area contributed by atoms with Crippen LogP contribution in [-0.2, 0) is 6.42 Å². The molecule has 0 bridgehead atoms. The van der Waals surface area contributed by atoms with Gasteiger partial charge >= 0.3 is 0 Å². The molecule has 2 rings (SSSR count). The molecule has 1 aromatic heterocycles. The van der Waals surface area contributed by atoms with Crippen molar-refractivity contribution in [1.29, 1.82) is 0 Å². The van der Waals surface area contributed by atoms with Crippen LogP contribution in [0.25, 0.3) is 0 Å². The number of rotatable bonds is 4. The van der Waals surface area contributed by atoms with Crippen LogP contribution in [0.1, 0.15) is 22.3 Å². The van der Waals surface area contributed by atoms with Gasteiger partial charge in [0.15, 0.2) is 0 Å². The monoisotopic (exact) mass is 318 g/mol. The Balaban J connectivity index is 1.98. The highest BCUT2D eigenvalue weighted by Crippen LogP contribution is 2.17. The highest BCUT2D eigenvalue weighted by molar-refractivity contribution is 9.10. The molecular formula is C16H19BrN2. The first-order valence-electron chi connectivity index (χ1n) is 6.48. The van der Waals surface area contributed by atoms with Crippen LogP contribution >= 0.6 is 15.9 Å². The molecule has 0 atom stereocenters. The average Bonchev–Trinajstić information content (AvgIpc) is 2.34. The van der Waals surface area contributed by atoms with Crippen molar-refractivity contribution in [2.45, 2.75) is 27.2 Å². The molecule has 0 radical (unpaired) electrons. The van der Waals surface area contributed by atoms with Gasteiger partial charge in [-0.3, -0.25) is 0 Å². The molecule has 0 saturated carbocycles. The summed E-state index contributed by atoms with van der Waals surface area (Å²) < 4.78 is 1.00. The third-order valence-electron chi connectivity index (χ3n) is 3.25. The number of benzene rings is 1. The first kappa shape index (κ1) is 14.1. The Labute approximate surface area is 123 Å². The van der Waals surface area contributed by atoms with E-state index >= 15 is 0 Å². The van der Waals surface area contributed by atoms with Crippen LogP contribution in [0.4, 0.5) is 5.82 Å². The molecule has 2 aromatic rings. The van der Waals surface area contributed by atoms with Crippen LogP contribution in [0.3, 0.4) is 0 Å². The van der Waals surface area contributed by atoms with E-state index in [1.165, 1.54) is 22.3 Å². The lowest BCUT2D eigenvalue weighted by molar-refractivity contribution is 0.977. The first-order valence-corrected chi connectivity index (χ1v) is 7.27. The maximum atomic E-state index is 4.31. The number of aryl methyl sites for hydroxylation is 3. The van der Waals surface area contributed by atoms with Crippen molar-refractivity contribution in [3.8, 4) is 0 Å². The van der Waals surface area contributed by atoms with E-state index in [-0.39, 0.29) is 0 Å². The number of aromatic nitrogens is 1. The largest absolute Gasteiger partial charge is 0.370 e. The summed E-state index contributed by atoms with van der Waals surface area (Å²) in [4.78, 5) is 4.31. The predicted octanol–water partition coefficient (Wildman–Crippen LogP) is 4.42. The van der Waals surface area contributed by atoms with E-state index in [2.05, 4.69) is 59.1 Å². The Morgan fingerprint density at radius 2 is 1.79 bits per heavy atom. The normalized spacial score (nSPS) is 10.5. The molecular weight excluding hydrogens is 300 g/mol. The second kappa shape index (κ2) is 6.20. The zero-order valence-electron chi connectivity index (χ0n) is 11.6. The smallest absolute Gasteiger partial charge is 0.125 e. The molecule has 0 saturated heterocycles. The Bertz CT molecular complexity index is 538. The van der Waals surface area contributed by atoms with Crippen molar-refractivity contribution in [2.75, 3.05) is 11.9 Å². The third-order valence-corrected chi connectivity index (χ3v) is 3.72. The summed E-state index contributed by atoms with van der Waals surface area (Å²) in [5, 5.41) is 3.36. The number of hydrogen-bond donors (Lipinski definition) is 1. The molecule has 0 amide bonds. The number of halogens is 1. The van der Waals surface area contributed by atoms with Crippen molar-refractivity contribution >= 4 is 21.7 Å². The lowest BCUT2D eigenvalue weighted by Gasteiger charge is -2.12. The summed E-state index contributed by atoms with van der Waals surface area (Å²) in [6.07, 6.45) is 2.83. The quantitative estimate of drug-likeness (QED) is 0.902. The topological polar surface area (TPSA) is 24.9 Å². The molecule has 19 heavy (non-hydrogen) atoms. The maximum absolute atomic E-state index is 4.31. The van der Waals surface area contributed by atoms with Crippen molar-refractivity contribution in [1.82, 2.24) is 4.98 Å². The van der Waals surface area contributed by atoms with E-state index < -0.39 is 0 Å². The fourth-order valence-corrected chi connectivity index (χ4v) is 2.63. The highest BCUT2D eigenvalue weighted by atomic mass is 79.9. The Kier molecular flexibility index (Phi) is 4.59. The standard InChI is InChI=1S/C16H19BrN2/c1-11-8-12(2)15(13(3)9-11)6-7-18-16-5-4-14(17)10-19-16/h4-5,8-10H,6-7H2,1-3H3,(H,18,19). The van der Waals surface area contributed by atoms with Gasteiger partial charge in [-0.2, -0.15) is 0 Å². The van der Waals surface area contributed by atoms with Gasteiger partial charge in [-0.15, -0.1) is 0 Å². The van der Waals surface area contributed by atoms with Crippen LogP contribution in [-0.4, -0.2) is 11.5 Å². The highest BCUT2D eigenvalue weighted by Gasteiger charge is 2.03. The number of nitrogens with zero attached hydrogens (tertiary/aromatic N) is 1. The molecule has 0 spiro atoms. The average molecular weight is 319 g/mol. The molecule has 100 valence electrons.